The number of nitrogens with two attached hydrogens (primary N) is 1. The molecule has 1 aromatic rings. The molecule has 3 N–H and O–H groups in total. The third-order valence-corrected chi connectivity index (χ3v) is 3.26. The van der Waals surface area contributed by atoms with E-state index in [1.807, 2.05) is 32.3 Å². The zero-order chi connectivity index (χ0) is 14.3. The van der Waals surface area contributed by atoms with Crippen LogP contribution < -0.4 is 11.1 Å². The van der Waals surface area contributed by atoms with E-state index in [-0.39, 0.29) is 5.54 Å². The van der Waals surface area contributed by atoms with Crippen LogP contribution in [0.25, 0.3) is 0 Å². The summed E-state index contributed by atoms with van der Waals surface area (Å²) in [6.07, 6.45) is 2.64. The number of likely N-dealkylation sites (N-methyl/N-ethyl adjacent to an activating group) is 1. The maximum atomic E-state index is 5.85. The molecule has 106 valence electrons. The number of rotatable bonds is 6. The summed E-state index contributed by atoms with van der Waals surface area (Å²) in [5.74, 6) is 0.492. The third kappa shape index (κ3) is 5.70. The van der Waals surface area contributed by atoms with Crippen molar-refractivity contribution in [3.05, 3.63) is 30.1 Å². The van der Waals surface area contributed by atoms with Gasteiger partial charge in [0.05, 0.1) is 6.54 Å². The number of hydrogen-bond acceptors (Lipinski definition) is 3. The SMILES string of the molecule is CN(C)C(C)(C)CN=C(N)NCCc1ccccn1. The Morgan fingerprint density at radius 2 is 2.16 bits per heavy atom. The Kier molecular flexibility index (Phi) is 5.76. The lowest BCUT2D eigenvalue weighted by Gasteiger charge is -2.30. The number of aliphatic imine (C=N–C) groups is 1. The molecule has 5 nitrogen and oxygen atoms in total. The topological polar surface area (TPSA) is 66.5 Å². The van der Waals surface area contributed by atoms with Crippen LogP contribution in [0.3, 0.4) is 0 Å². The van der Waals surface area contributed by atoms with Crippen LogP contribution in [-0.4, -0.2) is 48.6 Å². The first-order valence-corrected chi connectivity index (χ1v) is 6.53. The fraction of sp³-hybridized carbons (Fsp3) is 0.571. The Morgan fingerprint density at radius 1 is 1.42 bits per heavy atom. The molecule has 0 fully saturated rings. The van der Waals surface area contributed by atoms with Gasteiger partial charge in [-0.2, -0.15) is 0 Å². The van der Waals surface area contributed by atoms with Gasteiger partial charge in [-0.1, -0.05) is 6.07 Å². The van der Waals surface area contributed by atoms with Crippen molar-refractivity contribution in [2.75, 3.05) is 27.2 Å². The second-order valence-corrected chi connectivity index (χ2v) is 5.41. The van der Waals surface area contributed by atoms with E-state index in [1.165, 1.54) is 0 Å². The Bertz CT molecular complexity index is 398. The Labute approximate surface area is 115 Å². The first-order chi connectivity index (χ1) is 8.92. The number of aromatic nitrogens is 1. The van der Waals surface area contributed by atoms with Gasteiger partial charge in [0.2, 0.25) is 0 Å². The minimum atomic E-state index is 0.00723. The molecular weight excluding hydrogens is 238 g/mol. The van der Waals surface area contributed by atoms with Crippen LogP contribution >= 0.6 is 0 Å². The van der Waals surface area contributed by atoms with E-state index in [4.69, 9.17) is 5.73 Å². The molecule has 0 aliphatic carbocycles. The van der Waals surface area contributed by atoms with E-state index in [1.54, 1.807) is 6.20 Å². The number of pyridine rings is 1. The van der Waals surface area contributed by atoms with Crippen molar-refractivity contribution in [2.45, 2.75) is 25.8 Å². The third-order valence-electron chi connectivity index (χ3n) is 3.26. The van der Waals surface area contributed by atoms with Gasteiger partial charge in [0.15, 0.2) is 5.96 Å². The molecule has 0 aliphatic heterocycles. The monoisotopic (exact) mass is 263 g/mol. The first kappa shape index (κ1) is 15.4. The van der Waals surface area contributed by atoms with Gasteiger partial charge in [-0.05, 0) is 40.1 Å². The quantitative estimate of drug-likeness (QED) is 0.590. The second kappa shape index (κ2) is 7.09. The molecule has 0 radical (unpaired) electrons. The van der Waals surface area contributed by atoms with E-state index in [9.17, 15) is 0 Å². The number of nitrogens with zero attached hydrogens (tertiary/aromatic N) is 3. The van der Waals surface area contributed by atoms with Gasteiger partial charge in [0, 0.05) is 30.4 Å². The highest BCUT2D eigenvalue weighted by molar-refractivity contribution is 5.77. The lowest BCUT2D eigenvalue weighted by atomic mass is 10.1. The molecule has 0 spiro atoms. The molecule has 19 heavy (non-hydrogen) atoms. The van der Waals surface area contributed by atoms with Crippen molar-refractivity contribution < 1.29 is 0 Å². The molecule has 0 amide bonds. The van der Waals surface area contributed by atoms with E-state index >= 15 is 0 Å². The van der Waals surface area contributed by atoms with Crippen LogP contribution in [0.1, 0.15) is 19.5 Å². The highest BCUT2D eigenvalue weighted by atomic mass is 15.2. The summed E-state index contributed by atoms with van der Waals surface area (Å²) in [5.41, 5.74) is 6.90. The van der Waals surface area contributed by atoms with Gasteiger partial charge in [0.1, 0.15) is 0 Å². The van der Waals surface area contributed by atoms with Crippen molar-refractivity contribution >= 4 is 5.96 Å². The molecule has 0 saturated heterocycles. The molecule has 0 atom stereocenters. The van der Waals surface area contributed by atoms with Crippen LogP contribution in [0.2, 0.25) is 0 Å². The van der Waals surface area contributed by atoms with E-state index in [2.05, 4.69) is 34.0 Å². The maximum absolute atomic E-state index is 5.85. The van der Waals surface area contributed by atoms with Crippen molar-refractivity contribution in [2.24, 2.45) is 10.7 Å². The van der Waals surface area contributed by atoms with Gasteiger partial charge >= 0.3 is 0 Å². The summed E-state index contributed by atoms with van der Waals surface area (Å²) in [6.45, 7) is 5.69. The summed E-state index contributed by atoms with van der Waals surface area (Å²) in [4.78, 5) is 10.8. The van der Waals surface area contributed by atoms with Gasteiger partial charge in [-0.25, -0.2) is 0 Å². The van der Waals surface area contributed by atoms with Gasteiger partial charge in [-0.15, -0.1) is 0 Å². The molecule has 1 rings (SSSR count). The Morgan fingerprint density at radius 3 is 2.74 bits per heavy atom. The molecule has 0 saturated carbocycles. The van der Waals surface area contributed by atoms with Crippen LogP contribution in [0.4, 0.5) is 0 Å². The summed E-state index contributed by atoms with van der Waals surface area (Å²) in [5, 5.41) is 3.11. The summed E-state index contributed by atoms with van der Waals surface area (Å²) < 4.78 is 0. The summed E-state index contributed by atoms with van der Waals surface area (Å²) >= 11 is 0. The van der Waals surface area contributed by atoms with Gasteiger partial charge < -0.3 is 16.0 Å². The van der Waals surface area contributed by atoms with Crippen molar-refractivity contribution in [1.29, 1.82) is 0 Å². The Hall–Kier alpha value is -1.62. The molecular formula is C14H25N5. The highest BCUT2D eigenvalue weighted by Gasteiger charge is 2.19. The standard InChI is InChI=1S/C14H25N5/c1-14(2,19(3)4)11-18-13(15)17-10-8-12-7-5-6-9-16-12/h5-7,9H,8,10-11H2,1-4H3,(H3,15,17,18). The van der Waals surface area contributed by atoms with E-state index in [0.717, 1.165) is 18.7 Å². The average molecular weight is 263 g/mol. The maximum Gasteiger partial charge on any atom is 0.188 e. The van der Waals surface area contributed by atoms with E-state index < -0.39 is 0 Å². The highest BCUT2D eigenvalue weighted by Crippen LogP contribution is 2.09. The number of guanidine groups is 1. The van der Waals surface area contributed by atoms with Crippen LogP contribution in [0.5, 0.6) is 0 Å². The van der Waals surface area contributed by atoms with Gasteiger partial charge in [0.25, 0.3) is 0 Å². The zero-order valence-corrected chi connectivity index (χ0v) is 12.3. The fourth-order valence-electron chi connectivity index (χ4n) is 1.34. The average Bonchev–Trinajstić information content (AvgIpc) is 2.37. The zero-order valence-electron chi connectivity index (χ0n) is 12.3. The van der Waals surface area contributed by atoms with Crippen LogP contribution in [-0.2, 0) is 6.42 Å². The van der Waals surface area contributed by atoms with Crippen molar-refractivity contribution in [1.82, 2.24) is 15.2 Å². The molecule has 0 aliphatic rings. The normalized spacial score (nSPS) is 12.8. The van der Waals surface area contributed by atoms with Crippen molar-refractivity contribution in [3.8, 4) is 0 Å². The summed E-state index contributed by atoms with van der Waals surface area (Å²) in [6, 6.07) is 5.90. The molecule has 1 heterocycles. The largest absolute Gasteiger partial charge is 0.370 e. The summed E-state index contributed by atoms with van der Waals surface area (Å²) in [7, 11) is 4.08. The molecule has 0 aromatic carbocycles. The van der Waals surface area contributed by atoms with Crippen LogP contribution in [0, 0.1) is 0 Å². The second-order valence-electron chi connectivity index (χ2n) is 5.41. The Balaban J connectivity index is 2.33. The van der Waals surface area contributed by atoms with Crippen molar-refractivity contribution in [3.63, 3.8) is 0 Å². The molecule has 5 heteroatoms. The van der Waals surface area contributed by atoms with Gasteiger partial charge in [-0.3, -0.25) is 9.98 Å². The first-order valence-electron chi connectivity index (χ1n) is 6.53. The predicted molar refractivity (Wildman–Crippen MR) is 80.2 cm³/mol. The minimum Gasteiger partial charge on any atom is -0.370 e. The lowest BCUT2D eigenvalue weighted by molar-refractivity contribution is 0.205. The minimum absolute atomic E-state index is 0.00723. The molecule has 1 aromatic heterocycles. The molecule has 0 unspecified atom stereocenters. The number of nitrogens with one attached hydrogen (secondary N) is 1. The lowest BCUT2D eigenvalue weighted by Crippen LogP contribution is -2.42. The fourth-order valence-corrected chi connectivity index (χ4v) is 1.34. The molecule has 0 bridgehead atoms. The number of hydrogen-bond donors (Lipinski definition) is 2. The predicted octanol–water partition coefficient (Wildman–Crippen LogP) is 0.869. The van der Waals surface area contributed by atoms with E-state index in [0.29, 0.717) is 12.5 Å². The van der Waals surface area contributed by atoms with Crippen LogP contribution in [0.15, 0.2) is 29.4 Å². The smallest absolute Gasteiger partial charge is 0.188 e.